The van der Waals surface area contributed by atoms with Crippen LogP contribution in [-0.4, -0.2) is 29.8 Å². The molecule has 0 unspecified atom stereocenters. The smallest absolute Gasteiger partial charge is 0.276 e. The number of amides is 1. The third-order valence-electron chi connectivity index (χ3n) is 4.41. The van der Waals surface area contributed by atoms with Gasteiger partial charge >= 0.3 is 0 Å². The van der Waals surface area contributed by atoms with Crippen molar-refractivity contribution < 1.29 is 9.53 Å². The van der Waals surface area contributed by atoms with E-state index in [1.165, 1.54) is 5.56 Å². The highest BCUT2D eigenvalue weighted by Crippen LogP contribution is 2.17. The van der Waals surface area contributed by atoms with E-state index in [1.54, 1.807) is 19.2 Å². The molecule has 3 rings (SSSR count). The number of nitrogens with one attached hydrogen (secondary N) is 2. The second-order valence-corrected chi connectivity index (χ2v) is 6.60. The van der Waals surface area contributed by atoms with Crippen molar-refractivity contribution in [1.82, 2.24) is 10.2 Å². The van der Waals surface area contributed by atoms with Crippen molar-refractivity contribution in [3.05, 3.63) is 77.0 Å². The maximum absolute atomic E-state index is 12.4. The maximum Gasteiger partial charge on any atom is 0.276 e. The molecule has 0 spiro atoms. The Labute approximate surface area is 165 Å². The van der Waals surface area contributed by atoms with E-state index in [0.29, 0.717) is 5.82 Å². The van der Waals surface area contributed by atoms with Crippen molar-refractivity contribution in [2.45, 2.75) is 20.3 Å². The number of aryl methyl sites for hydroxylation is 2. The Hall–Kier alpha value is -3.41. The fourth-order valence-corrected chi connectivity index (χ4v) is 2.81. The predicted molar refractivity (Wildman–Crippen MR) is 111 cm³/mol. The molecule has 6 heteroatoms. The van der Waals surface area contributed by atoms with Gasteiger partial charge in [-0.1, -0.05) is 29.8 Å². The lowest BCUT2D eigenvalue weighted by atomic mass is 10.1. The van der Waals surface area contributed by atoms with E-state index < -0.39 is 0 Å². The molecule has 6 nitrogen and oxygen atoms in total. The second-order valence-electron chi connectivity index (χ2n) is 6.60. The second kappa shape index (κ2) is 8.99. The molecule has 0 aliphatic carbocycles. The van der Waals surface area contributed by atoms with Crippen LogP contribution >= 0.6 is 0 Å². The number of aromatic nitrogens is 2. The molecule has 0 bridgehead atoms. The number of hydrogen-bond donors (Lipinski definition) is 2. The first-order valence-corrected chi connectivity index (χ1v) is 9.14. The largest absolute Gasteiger partial charge is 0.497 e. The van der Waals surface area contributed by atoms with Crippen molar-refractivity contribution in [2.24, 2.45) is 0 Å². The monoisotopic (exact) mass is 376 g/mol. The number of nitrogens with zero attached hydrogens (tertiary/aromatic N) is 2. The summed E-state index contributed by atoms with van der Waals surface area (Å²) < 4.78 is 5.16. The van der Waals surface area contributed by atoms with Crippen LogP contribution in [0.5, 0.6) is 5.75 Å². The minimum Gasteiger partial charge on any atom is -0.497 e. The molecule has 28 heavy (non-hydrogen) atoms. The number of ether oxygens (including phenoxy) is 1. The zero-order valence-corrected chi connectivity index (χ0v) is 16.3. The van der Waals surface area contributed by atoms with E-state index in [9.17, 15) is 4.79 Å². The molecule has 3 aromatic rings. The number of carbonyl (C=O) groups is 1. The summed E-state index contributed by atoms with van der Waals surface area (Å²) in [5.41, 5.74) is 4.42. The summed E-state index contributed by atoms with van der Waals surface area (Å²) in [6.07, 6.45) is 0.848. The first-order chi connectivity index (χ1) is 13.5. The quantitative estimate of drug-likeness (QED) is 0.652. The first kappa shape index (κ1) is 19.4. The highest BCUT2D eigenvalue weighted by molar-refractivity contribution is 6.03. The SMILES string of the molecule is COc1ccc(CCNc2ccc(C(=O)Nc3ccc(C)cc3C)nn2)cc1. The molecule has 0 saturated carbocycles. The number of methoxy groups -OCH3 is 1. The summed E-state index contributed by atoms with van der Waals surface area (Å²) in [6.45, 7) is 4.70. The molecule has 0 aliphatic heterocycles. The van der Waals surface area contributed by atoms with Gasteiger partial charge < -0.3 is 15.4 Å². The molecule has 1 aromatic heterocycles. The van der Waals surface area contributed by atoms with Gasteiger partial charge in [0.1, 0.15) is 11.6 Å². The van der Waals surface area contributed by atoms with Crippen LogP contribution in [0.15, 0.2) is 54.6 Å². The normalized spacial score (nSPS) is 10.4. The van der Waals surface area contributed by atoms with Gasteiger partial charge in [0.2, 0.25) is 0 Å². The van der Waals surface area contributed by atoms with Gasteiger partial charge in [0.25, 0.3) is 5.91 Å². The molecule has 0 aliphatic rings. The summed E-state index contributed by atoms with van der Waals surface area (Å²) >= 11 is 0. The third-order valence-corrected chi connectivity index (χ3v) is 4.41. The Morgan fingerprint density at radius 2 is 1.79 bits per heavy atom. The van der Waals surface area contributed by atoms with Crippen LogP contribution in [-0.2, 0) is 6.42 Å². The van der Waals surface area contributed by atoms with Gasteiger partial charge in [-0.05, 0) is 61.7 Å². The van der Waals surface area contributed by atoms with E-state index in [-0.39, 0.29) is 11.6 Å². The van der Waals surface area contributed by atoms with Crippen LogP contribution in [0.2, 0.25) is 0 Å². The van der Waals surface area contributed by atoms with Crippen molar-refractivity contribution in [2.75, 3.05) is 24.3 Å². The molecule has 2 N–H and O–H groups in total. The predicted octanol–water partition coefficient (Wildman–Crippen LogP) is 4.01. The van der Waals surface area contributed by atoms with Gasteiger partial charge in [-0.2, -0.15) is 0 Å². The minimum atomic E-state index is -0.274. The van der Waals surface area contributed by atoms with Gasteiger partial charge in [-0.25, -0.2) is 0 Å². The first-order valence-electron chi connectivity index (χ1n) is 9.14. The van der Waals surface area contributed by atoms with Crippen LogP contribution in [0.1, 0.15) is 27.2 Å². The number of carbonyl (C=O) groups excluding carboxylic acids is 1. The molecule has 0 atom stereocenters. The van der Waals surface area contributed by atoms with Gasteiger partial charge in [-0.3, -0.25) is 4.79 Å². The lowest BCUT2D eigenvalue weighted by Crippen LogP contribution is -2.16. The van der Waals surface area contributed by atoms with E-state index in [0.717, 1.165) is 35.5 Å². The molecule has 144 valence electrons. The molecule has 0 radical (unpaired) electrons. The molecule has 0 saturated heterocycles. The van der Waals surface area contributed by atoms with Crippen molar-refractivity contribution >= 4 is 17.4 Å². The Kier molecular flexibility index (Phi) is 6.22. The summed E-state index contributed by atoms with van der Waals surface area (Å²) in [5, 5.41) is 14.2. The van der Waals surface area contributed by atoms with E-state index in [1.807, 2.05) is 56.3 Å². The van der Waals surface area contributed by atoms with E-state index in [2.05, 4.69) is 20.8 Å². The average molecular weight is 376 g/mol. The van der Waals surface area contributed by atoms with E-state index in [4.69, 9.17) is 4.74 Å². The van der Waals surface area contributed by atoms with Gasteiger partial charge in [0, 0.05) is 12.2 Å². The zero-order valence-electron chi connectivity index (χ0n) is 16.3. The molecular formula is C22H24N4O2. The molecule has 1 heterocycles. The number of hydrogen-bond acceptors (Lipinski definition) is 5. The van der Waals surface area contributed by atoms with Crippen molar-refractivity contribution in [3.63, 3.8) is 0 Å². The van der Waals surface area contributed by atoms with Crippen LogP contribution in [0, 0.1) is 13.8 Å². The van der Waals surface area contributed by atoms with Crippen LogP contribution in [0.3, 0.4) is 0 Å². The van der Waals surface area contributed by atoms with Gasteiger partial charge in [-0.15, -0.1) is 10.2 Å². The van der Waals surface area contributed by atoms with Crippen LogP contribution in [0.25, 0.3) is 0 Å². The van der Waals surface area contributed by atoms with E-state index >= 15 is 0 Å². The topological polar surface area (TPSA) is 76.1 Å². The summed E-state index contributed by atoms with van der Waals surface area (Å²) in [7, 11) is 1.65. The molecule has 1 amide bonds. The third kappa shape index (κ3) is 5.07. The summed E-state index contributed by atoms with van der Waals surface area (Å²) in [6, 6.07) is 17.3. The van der Waals surface area contributed by atoms with Crippen LogP contribution in [0.4, 0.5) is 11.5 Å². The Morgan fingerprint density at radius 3 is 2.43 bits per heavy atom. The molecular weight excluding hydrogens is 352 g/mol. The summed E-state index contributed by atoms with van der Waals surface area (Å²) in [4.78, 5) is 12.4. The maximum atomic E-state index is 12.4. The number of rotatable bonds is 7. The van der Waals surface area contributed by atoms with Gasteiger partial charge in [0.15, 0.2) is 5.69 Å². The molecule has 0 fully saturated rings. The standard InChI is InChI=1S/C22H24N4O2/c1-15-4-9-19(16(2)14-15)24-22(27)20-10-11-21(26-25-20)23-13-12-17-5-7-18(28-3)8-6-17/h4-11,14H,12-13H2,1-3H3,(H,23,26)(H,24,27). The lowest BCUT2D eigenvalue weighted by molar-refractivity contribution is 0.102. The fraction of sp³-hybridized carbons (Fsp3) is 0.227. The average Bonchev–Trinajstić information content (AvgIpc) is 2.71. The lowest BCUT2D eigenvalue weighted by Gasteiger charge is -2.09. The Balaban J connectivity index is 1.53. The van der Waals surface area contributed by atoms with Gasteiger partial charge in [0.05, 0.1) is 7.11 Å². The van der Waals surface area contributed by atoms with Crippen molar-refractivity contribution in [3.8, 4) is 5.75 Å². The Morgan fingerprint density at radius 1 is 1.00 bits per heavy atom. The van der Waals surface area contributed by atoms with Crippen LogP contribution < -0.4 is 15.4 Å². The minimum absolute atomic E-state index is 0.274. The van der Waals surface area contributed by atoms with Crippen molar-refractivity contribution in [1.29, 1.82) is 0 Å². The highest BCUT2D eigenvalue weighted by atomic mass is 16.5. The molecule has 2 aromatic carbocycles. The zero-order chi connectivity index (χ0) is 19.9. The number of anilines is 2. The summed E-state index contributed by atoms with van der Waals surface area (Å²) in [5.74, 6) is 1.21. The highest BCUT2D eigenvalue weighted by Gasteiger charge is 2.10. The number of benzene rings is 2. The Bertz CT molecular complexity index is 938. The fourth-order valence-electron chi connectivity index (χ4n) is 2.81.